The lowest BCUT2D eigenvalue weighted by molar-refractivity contribution is -0.126. The molecule has 2 aliphatic rings. The molecular formula is C18H30N4OS. The van der Waals surface area contributed by atoms with E-state index in [1.54, 1.807) is 11.3 Å². The van der Waals surface area contributed by atoms with Gasteiger partial charge in [0, 0.05) is 37.6 Å². The van der Waals surface area contributed by atoms with Crippen molar-refractivity contribution in [3.05, 3.63) is 11.1 Å². The van der Waals surface area contributed by atoms with Crippen molar-refractivity contribution in [2.24, 2.45) is 0 Å². The van der Waals surface area contributed by atoms with Crippen LogP contribution in [-0.4, -0.2) is 54.1 Å². The van der Waals surface area contributed by atoms with Crippen LogP contribution in [0.3, 0.4) is 0 Å². The van der Waals surface area contributed by atoms with E-state index in [0.717, 1.165) is 56.3 Å². The van der Waals surface area contributed by atoms with Gasteiger partial charge in [-0.25, -0.2) is 4.98 Å². The molecule has 1 aromatic heterocycles. The highest BCUT2D eigenvalue weighted by molar-refractivity contribution is 7.13. The van der Waals surface area contributed by atoms with E-state index in [4.69, 9.17) is 0 Å². The van der Waals surface area contributed by atoms with Gasteiger partial charge in [0.2, 0.25) is 5.91 Å². The summed E-state index contributed by atoms with van der Waals surface area (Å²) in [5, 5.41) is 6.51. The standard InChI is InChI=1S/C18H30N4OS/c1-14-13-24-18(19-14)22-10-6-9-21(11-12-22)15(2)17(23)20-16-7-4-3-5-8-16/h13,15-16H,3-12H2,1-2H3,(H,20,23). The molecule has 1 amide bonds. The maximum absolute atomic E-state index is 12.6. The lowest BCUT2D eigenvalue weighted by Gasteiger charge is -2.30. The molecule has 1 aromatic rings. The fraction of sp³-hybridized carbons (Fsp3) is 0.778. The van der Waals surface area contributed by atoms with Crippen LogP contribution < -0.4 is 10.2 Å². The van der Waals surface area contributed by atoms with Gasteiger partial charge in [-0.2, -0.15) is 0 Å². The van der Waals surface area contributed by atoms with Gasteiger partial charge in [0.1, 0.15) is 0 Å². The number of rotatable bonds is 4. The molecule has 3 rings (SSSR count). The summed E-state index contributed by atoms with van der Waals surface area (Å²) in [4.78, 5) is 21.9. The van der Waals surface area contributed by atoms with E-state index < -0.39 is 0 Å². The number of anilines is 1. The van der Waals surface area contributed by atoms with Crippen molar-refractivity contribution in [2.45, 2.75) is 64.5 Å². The van der Waals surface area contributed by atoms with Gasteiger partial charge in [0.25, 0.3) is 0 Å². The summed E-state index contributed by atoms with van der Waals surface area (Å²) in [7, 11) is 0. The number of nitrogens with zero attached hydrogens (tertiary/aromatic N) is 3. The third-order valence-corrected chi connectivity index (χ3v) is 6.31. The predicted octanol–water partition coefficient (Wildman–Crippen LogP) is 2.80. The molecule has 24 heavy (non-hydrogen) atoms. The van der Waals surface area contributed by atoms with Crippen LogP contribution in [0.2, 0.25) is 0 Å². The number of aromatic nitrogens is 1. The van der Waals surface area contributed by atoms with Crippen LogP contribution in [0.25, 0.3) is 0 Å². The first kappa shape index (κ1) is 17.7. The molecule has 1 aliphatic heterocycles. The van der Waals surface area contributed by atoms with Gasteiger partial charge >= 0.3 is 0 Å². The van der Waals surface area contributed by atoms with Crippen molar-refractivity contribution >= 4 is 22.4 Å². The van der Waals surface area contributed by atoms with Crippen LogP contribution in [0.5, 0.6) is 0 Å². The molecule has 0 spiro atoms. The summed E-state index contributed by atoms with van der Waals surface area (Å²) in [6, 6.07) is 0.361. The minimum absolute atomic E-state index is 0.0371. The summed E-state index contributed by atoms with van der Waals surface area (Å²) in [6.45, 7) is 8.00. The summed E-state index contributed by atoms with van der Waals surface area (Å²) >= 11 is 1.72. The number of hydrogen-bond acceptors (Lipinski definition) is 5. The SMILES string of the molecule is Cc1csc(N2CCCN(C(C)C(=O)NC3CCCCC3)CC2)n1. The summed E-state index contributed by atoms with van der Waals surface area (Å²) in [5.74, 6) is 0.209. The molecule has 134 valence electrons. The first-order chi connectivity index (χ1) is 11.6. The quantitative estimate of drug-likeness (QED) is 0.907. The van der Waals surface area contributed by atoms with Crippen molar-refractivity contribution in [3.8, 4) is 0 Å². The maximum Gasteiger partial charge on any atom is 0.237 e. The Kier molecular flexibility index (Phi) is 6.11. The highest BCUT2D eigenvalue weighted by Gasteiger charge is 2.26. The molecule has 0 aromatic carbocycles. The Bertz CT molecular complexity index is 541. The van der Waals surface area contributed by atoms with Gasteiger partial charge in [-0.1, -0.05) is 19.3 Å². The average Bonchev–Trinajstić information content (AvgIpc) is 2.88. The van der Waals surface area contributed by atoms with Crippen LogP contribution >= 0.6 is 11.3 Å². The van der Waals surface area contributed by atoms with Crippen molar-refractivity contribution in [1.29, 1.82) is 0 Å². The van der Waals surface area contributed by atoms with Gasteiger partial charge in [0.05, 0.1) is 11.7 Å². The van der Waals surface area contributed by atoms with Gasteiger partial charge in [-0.05, 0) is 33.1 Å². The lowest BCUT2D eigenvalue weighted by Crippen LogP contribution is -2.49. The molecule has 1 saturated heterocycles. The third kappa shape index (κ3) is 4.48. The summed E-state index contributed by atoms with van der Waals surface area (Å²) in [6.07, 6.45) is 7.21. The number of thiazole rings is 1. The average molecular weight is 351 g/mol. The van der Waals surface area contributed by atoms with E-state index in [0.29, 0.717) is 6.04 Å². The minimum atomic E-state index is -0.0371. The van der Waals surface area contributed by atoms with Crippen LogP contribution in [-0.2, 0) is 4.79 Å². The molecule has 2 fully saturated rings. The number of aryl methyl sites for hydroxylation is 1. The van der Waals surface area contributed by atoms with Crippen molar-refractivity contribution in [1.82, 2.24) is 15.2 Å². The second-order valence-corrected chi connectivity index (χ2v) is 8.00. The topological polar surface area (TPSA) is 48.5 Å². The molecule has 1 N–H and O–H groups in total. The second kappa shape index (κ2) is 8.30. The van der Waals surface area contributed by atoms with E-state index in [-0.39, 0.29) is 11.9 Å². The maximum atomic E-state index is 12.6. The molecule has 1 saturated carbocycles. The fourth-order valence-corrected chi connectivity index (χ4v) is 4.59. The fourth-order valence-electron chi connectivity index (χ4n) is 3.74. The highest BCUT2D eigenvalue weighted by Crippen LogP contribution is 2.22. The van der Waals surface area contributed by atoms with Crippen molar-refractivity contribution in [3.63, 3.8) is 0 Å². The normalized spacial score (nSPS) is 22.2. The molecule has 1 atom stereocenters. The molecule has 0 bridgehead atoms. The van der Waals surface area contributed by atoms with Crippen LogP contribution in [0.4, 0.5) is 5.13 Å². The monoisotopic (exact) mass is 350 g/mol. The highest BCUT2D eigenvalue weighted by atomic mass is 32.1. The Labute approximate surface area is 149 Å². The molecule has 0 radical (unpaired) electrons. The molecule has 1 unspecified atom stereocenters. The number of nitrogens with one attached hydrogen (secondary N) is 1. The predicted molar refractivity (Wildman–Crippen MR) is 99.7 cm³/mol. The molecule has 1 aliphatic carbocycles. The Morgan fingerprint density at radius 1 is 1.21 bits per heavy atom. The summed E-state index contributed by atoms with van der Waals surface area (Å²) < 4.78 is 0. The first-order valence-corrected chi connectivity index (χ1v) is 10.2. The Morgan fingerprint density at radius 3 is 2.71 bits per heavy atom. The third-order valence-electron chi connectivity index (χ3n) is 5.29. The Balaban J connectivity index is 1.51. The van der Waals surface area contributed by atoms with Crippen molar-refractivity contribution < 1.29 is 4.79 Å². The Hall–Kier alpha value is -1.14. The van der Waals surface area contributed by atoms with E-state index in [2.05, 4.69) is 32.4 Å². The number of carbonyl (C=O) groups is 1. The molecule has 2 heterocycles. The number of carbonyl (C=O) groups excluding carboxylic acids is 1. The largest absolute Gasteiger partial charge is 0.352 e. The zero-order valence-corrected chi connectivity index (χ0v) is 15.8. The van der Waals surface area contributed by atoms with E-state index >= 15 is 0 Å². The van der Waals surface area contributed by atoms with Crippen LogP contribution in [0.15, 0.2) is 5.38 Å². The molecule has 5 nitrogen and oxygen atoms in total. The number of amides is 1. The van der Waals surface area contributed by atoms with Gasteiger partial charge < -0.3 is 10.2 Å². The summed E-state index contributed by atoms with van der Waals surface area (Å²) in [5.41, 5.74) is 1.09. The number of hydrogen-bond donors (Lipinski definition) is 1. The van der Waals surface area contributed by atoms with E-state index in [1.807, 2.05) is 6.92 Å². The zero-order valence-electron chi connectivity index (χ0n) is 15.0. The lowest BCUT2D eigenvalue weighted by atomic mass is 9.95. The molecular weight excluding hydrogens is 320 g/mol. The second-order valence-electron chi connectivity index (χ2n) is 7.17. The zero-order chi connectivity index (χ0) is 16.9. The minimum Gasteiger partial charge on any atom is -0.352 e. The van der Waals surface area contributed by atoms with E-state index in [1.165, 1.54) is 19.3 Å². The Morgan fingerprint density at radius 2 is 2.00 bits per heavy atom. The first-order valence-electron chi connectivity index (χ1n) is 9.35. The van der Waals surface area contributed by atoms with Gasteiger partial charge in [-0.15, -0.1) is 11.3 Å². The van der Waals surface area contributed by atoms with Crippen LogP contribution in [0.1, 0.15) is 51.1 Å². The van der Waals surface area contributed by atoms with Gasteiger partial charge in [-0.3, -0.25) is 9.69 Å². The smallest absolute Gasteiger partial charge is 0.237 e. The van der Waals surface area contributed by atoms with E-state index in [9.17, 15) is 4.79 Å². The van der Waals surface area contributed by atoms with Crippen molar-refractivity contribution in [2.75, 3.05) is 31.1 Å². The molecule has 6 heteroatoms. The van der Waals surface area contributed by atoms with Gasteiger partial charge in [0.15, 0.2) is 5.13 Å². The van der Waals surface area contributed by atoms with Crippen LogP contribution in [0, 0.1) is 6.92 Å².